The predicted molar refractivity (Wildman–Crippen MR) is 76.4 cm³/mol. The molecule has 1 atom stereocenters. The molecule has 1 amide bonds. The summed E-state index contributed by atoms with van der Waals surface area (Å²) >= 11 is 0. The van der Waals surface area contributed by atoms with E-state index in [1.54, 1.807) is 4.90 Å². The Balaban J connectivity index is 1.77. The zero-order valence-corrected chi connectivity index (χ0v) is 12.6. The Kier molecular flexibility index (Phi) is 4.59. The molecule has 0 aliphatic carbocycles. The van der Waals surface area contributed by atoms with E-state index in [-0.39, 0.29) is 6.09 Å². The van der Waals surface area contributed by atoms with Crippen molar-refractivity contribution in [3.8, 4) is 0 Å². The molecule has 21 heavy (non-hydrogen) atoms. The van der Waals surface area contributed by atoms with Crippen LogP contribution in [0.1, 0.15) is 27.2 Å². The van der Waals surface area contributed by atoms with Crippen molar-refractivity contribution in [2.75, 3.05) is 25.0 Å². The molecule has 0 aromatic carbocycles. The molecule has 1 aliphatic rings. The van der Waals surface area contributed by atoms with Gasteiger partial charge in [0.15, 0.2) is 5.82 Å². The monoisotopic (exact) mass is 296 g/mol. The summed E-state index contributed by atoms with van der Waals surface area (Å²) in [4.78, 5) is 21.3. The molecular weight excluding hydrogens is 275 g/mol. The summed E-state index contributed by atoms with van der Waals surface area (Å²) in [7, 11) is 0. The number of aromatic nitrogens is 2. The van der Waals surface area contributed by atoms with E-state index in [4.69, 9.17) is 4.74 Å². The molecule has 0 bridgehead atoms. The summed E-state index contributed by atoms with van der Waals surface area (Å²) in [6, 6.07) is 0. The van der Waals surface area contributed by atoms with Gasteiger partial charge in [-0.25, -0.2) is 19.2 Å². The Labute approximate surface area is 123 Å². The van der Waals surface area contributed by atoms with E-state index in [0.29, 0.717) is 31.5 Å². The smallest absolute Gasteiger partial charge is 0.410 e. The number of halogens is 1. The third-order valence-electron chi connectivity index (χ3n) is 3.11. The molecule has 1 N–H and O–H groups in total. The average molecular weight is 296 g/mol. The first-order valence-corrected chi connectivity index (χ1v) is 7.03. The molecule has 0 radical (unpaired) electrons. The lowest BCUT2D eigenvalue weighted by Gasteiger charge is -2.24. The second-order valence-electron chi connectivity index (χ2n) is 6.19. The number of rotatable bonds is 3. The van der Waals surface area contributed by atoms with Gasteiger partial charge in [-0.15, -0.1) is 0 Å². The molecule has 7 heteroatoms. The van der Waals surface area contributed by atoms with Crippen molar-refractivity contribution in [2.24, 2.45) is 5.92 Å². The van der Waals surface area contributed by atoms with E-state index in [9.17, 15) is 9.18 Å². The standard InChI is InChI=1S/C14H21FN4O2/c1-14(2,3)21-13(20)19-5-4-10(9-19)6-16-12-17-7-11(15)8-18-12/h7-8,10H,4-6,9H2,1-3H3,(H,16,17,18)/t10-/m0/s1. The fourth-order valence-electron chi connectivity index (χ4n) is 2.13. The molecule has 1 aliphatic heterocycles. The Hall–Kier alpha value is -1.92. The zero-order chi connectivity index (χ0) is 15.5. The lowest BCUT2D eigenvalue weighted by Crippen LogP contribution is -2.35. The van der Waals surface area contributed by atoms with Gasteiger partial charge in [0.05, 0.1) is 12.4 Å². The minimum atomic E-state index is -0.477. The van der Waals surface area contributed by atoms with E-state index < -0.39 is 11.4 Å². The highest BCUT2D eigenvalue weighted by atomic mass is 19.1. The van der Waals surface area contributed by atoms with Crippen LogP contribution in [0, 0.1) is 11.7 Å². The second-order valence-corrected chi connectivity index (χ2v) is 6.19. The van der Waals surface area contributed by atoms with Gasteiger partial charge in [-0.1, -0.05) is 0 Å². The molecule has 1 saturated heterocycles. The summed E-state index contributed by atoms with van der Waals surface area (Å²) < 4.78 is 18.0. The Morgan fingerprint density at radius 1 is 1.48 bits per heavy atom. The largest absolute Gasteiger partial charge is 0.444 e. The van der Waals surface area contributed by atoms with Gasteiger partial charge < -0.3 is 15.0 Å². The van der Waals surface area contributed by atoms with Crippen LogP contribution >= 0.6 is 0 Å². The lowest BCUT2D eigenvalue weighted by molar-refractivity contribution is 0.0289. The van der Waals surface area contributed by atoms with Crippen molar-refractivity contribution in [1.29, 1.82) is 0 Å². The van der Waals surface area contributed by atoms with E-state index in [1.807, 2.05) is 20.8 Å². The van der Waals surface area contributed by atoms with Crippen LogP contribution in [0.2, 0.25) is 0 Å². The molecular formula is C14H21FN4O2. The van der Waals surface area contributed by atoms with E-state index in [2.05, 4.69) is 15.3 Å². The van der Waals surface area contributed by atoms with Crippen LogP contribution in [0.5, 0.6) is 0 Å². The number of carbonyl (C=O) groups is 1. The maximum atomic E-state index is 12.7. The number of hydrogen-bond acceptors (Lipinski definition) is 5. The number of nitrogens with zero attached hydrogens (tertiary/aromatic N) is 3. The van der Waals surface area contributed by atoms with E-state index in [0.717, 1.165) is 18.8 Å². The number of carbonyl (C=O) groups excluding carboxylic acids is 1. The molecule has 1 fully saturated rings. The van der Waals surface area contributed by atoms with Gasteiger partial charge in [0.2, 0.25) is 5.95 Å². The summed E-state index contributed by atoms with van der Waals surface area (Å²) in [5.41, 5.74) is -0.477. The fraction of sp³-hybridized carbons (Fsp3) is 0.643. The average Bonchev–Trinajstić information content (AvgIpc) is 2.85. The van der Waals surface area contributed by atoms with Gasteiger partial charge >= 0.3 is 6.09 Å². The SMILES string of the molecule is CC(C)(C)OC(=O)N1CC[C@@H](CNc2ncc(F)cn2)C1. The number of amides is 1. The van der Waals surface area contributed by atoms with Gasteiger partial charge in [-0.2, -0.15) is 0 Å². The number of ether oxygens (including phenoxy) is 1. The highest BCUT2D eigenvalue weighted by Crippen LogP contribution is 2.19. The topological polar surface area (TPSA) is 67.3 Å². The number of hydrogen-bond donors (Lipinski definition) is 1. The normalized spacial score (nSPS) is 18.7. The lowest BCUT2D eigenvalue weighted by atomic mass is 10.1. The third-order valence-corrected chi connectivity index (χ3v) is 3.11. The highest BCUT2D eigenvalue weighted by Gasteiger charge is 2.29. The highest BCUT2D eigenvalue weighted by molar-refractivity contribution is 5.68. The molecule has 1 aromatic heterocycles. The summed E-state index contributed by atoms with van der Waals surface area (Å²) in [6.45, 7) is 7.53. The Morgan fingerprint density at radius 2 is 2.14 bits per heavy atom. The summed E-state index contributed by atoms with van der Waals surface area (Å²) in [6.07, 6.45) is 2.87. The van der Waals surface area contributed by atoms with Crippen molar-refractivity contribution in [3.63, 3.8) is 0 Å². The van der Waals surface area contributed by atoms with E-state index >= 15 is 0 Å². The van der Waals surface area contributed by atoms with Crippen LogP contribution in [0.25, 0.3) is 0 Å². The molecule has 0 saturated carbocycles. The van der Waals surface area contributed by atoms with Gasteiger partial charge in [-0.05, 0) is 33.1 Å². The zero-order valence-electron chi connectivity index (χ0n) is 12.6. The fourth-order valence-corrected chi connectivity index (χ4v) is 2.13. The maximum Gasteiger partial charge on any atom is 0.410 e. The minimum absolute atomic E-state index is 0.275. The van der Waals surface area contributed by atoms with Gasteiger partial charge in [-0.3, -0.25) is 0 Å². The van der Waals surface area contributed by atoms with Crippen LogP contribution in [0.3, 0.4) is 0 Å². The summed E-state index contributed by atoms with van der Waals surface area (Å²) in [5.74, 6) is 0.246. The van der Waals surface area contributed by atoms with Crippen molar-refractivity contribution in [3.05, 3.63) is 18.2 Å². The van der Waals surface area contributed by atoms with E-state index in [1.165, 1.54) is 0 Å². The van der Waals surface area contributed by atoms with Gasteiger partial charge in [0.1, 0.15) is 5.60 Å². The molecule has 0 unspecified atom stereocenters. The molecule has 1 aromatic rings. The molecule has 2 rings (SSSR count). The Bertz CT molecular complexity index is 487. The first kappa shape index (κ1) is 15.5. The van der Waals surface area contributed by atoms with Crippen LogP contribution in [0.4, 0.5) is 15.1 Å². The van der Waals surface area contributed by atoms with Gasteiger partial charge in [0.25, 0.3) is 0 Å². The van der Waals surface area contributed by atoms with Crippen molar-refractivity contribution in [2.45, 2.75) is 32.8 Å². The number of nitrogens with one attached hydrogen (secondary N) is 1. The number of likely N-dealkylation sites (tertiary alicyclic amines) is 1. The summed E-state index contributed by atoms with van der Waals surface area (Å²) in [5, 5.41) is 3.05. The molecule has 0 spiro atoms. The minimum Gasteiger partial charge on any atom is -0.444 e. The quantitative estimate of drug-likeness (QED) is 0.927. The third kappa shape index (κ3) is 4.84. The first-order valence-electron chi connectivity index (χ1n) is 7.03. The van der Waals surface area contributed by atoms with Crippen LogP contribution in [-0.2, 0) is 4.74 Å². The van der Waals surface area contributed by atoms with Crippen LogP contribution in [0.15, 0.2) is 12.4 Å². The van der Waals surface area contributed by atoms with Crippen molar-refractivity contribution < 1.29 is 13.9 Å². The van der Waals surface area contributed by atoms with Crippen molar-refractivity contribution in [1.82, 2.24) is 14.9 Å². The Morgan fingerprint density at radius 3 is 2.76 bits per heavy atom. The predicted octanol–water partition coefficient (Wildman–Crippen LogP) is 2.28. The molecule has 116 valence electrons. The van der Waals surface area contributed by atoms with Crippen molar-refractivity contribution >= 4 is 12.0 Å². The number of anilines is 1. The van der Waals surface area contributed by atoms with Gasteiger partial charge in [0, 0.05) is 19.6 Å². The molecule has 6 nitrogen and oxygen atoms in total. The first-order chi connectivity index (χ1) is 9.83. The maximum absolute atomic E-state index is 12.7. The van der Waals surface area contributed by atoms with Crippen LogP contribution < -0.4 is 5.32 Å². The van der Waals surface area contributed by atoms with Crippen LogP contribution in [-0.4, -0.2) is 46.2 Å². The second kappa shape index (κ2) is 6.24. The molecule has 2 heterocycles.